The summed E-state index contributed by atoms with van der Waals surface area (Å²) in [7, 11) is 0. The highest BCUT2D eigenvalue weighted by atomic mass is 16.6. The maximum absolute atomic E-state index is 12.5. The summed E-state index contributed by atoms with van der Waals surface area (Å²) >= 11 is 0. The molecule has 9 heteroatoms. The zero-order valence-corrected chi connectivity index (χ0v) is 16.4. The number of benzene rings is 2. The zero-order valence-electron chi connectivity index (χ0n) is 16.4. The predicted molar refractivity (Wildman–Crippen MR) is 111 cm³/mol. The second-order valence-corrected chi connectivity index (χ2v) is 7.18. The Kier molecular flexibility index (Phi) is 4.78. The fourth-order valence-electron chi connectivity index (χ4n) is 3.53. The molecule has 2 amide bonds. The zero-order chi connectivity index (χ0) is 21.4. The van der Waals surface area contributed by atoms with Crippen molar-refractivity contribution < 1.29 is 14.5 Å². The van der Waals surface area contributed by atoms with E-state index in [0.29, 0.717) is 11.5 Å². The molecule has 2 heterocycles. The van der Waals surface area contributed by atoms with Gasteiger partial charge in [0.1, 0.15) is 11.9 Å². The normalized spacial score (nSPS) is 14.9. The number of fused-ring (bicyclic) bond motifs is 1. The van der Waals surface area contributed by atoms with Crippen molar-refractivity contribution in [3.8, 4) is 11.1 Å². The highest BCUT2D eigenvalue weighted by Crippen LogP contribution is 2.38. The Balaban J connectivity index is 1.56. The maximum Gasteiger partial charge on any atom is 0.271 e. The van der Waals surface area contributed by atoms with Gasteiger partial charge in [-0.15, -0.1) is 0 Å². The van der Waals surface area contributed by atoms with Gasteiger partial charge in [0.15, 0.2) is 0 Å². The van der Waals surface area contributed by atoms with Gasteiger partial charge in [0.2, 0.25) is 5.91 Å². The molecule has 1 aliphatic heterocycles. The summed E-state index contributed by atoms with van der Waals surface area (Å²) in [5.74, 6) is -0.192. The highest BCUT2D eigenvalue weighted by molar-refractivity contribution is 6.04. The first kappa shape index (κ1) is 19.3. The van der Waals surface area contributed by atoms with Gasteiger partial charge in [-0.05, 0) is 25.5 Å². The molecule has 1 aromatic heterocycles. The van der Waals surface area contributed by atoms with E-state index < -0.39 is 16.9 Å². The van der Waals surface area contributed by atoms with E-state index in [1.807, 2.05) is 38.1 Å². The van der Waals surface area contributed by atoms with Gasteiger partial charge in [-0.2, -0.15) is 5.10 Å². The molecule has 3 aromatic rings. The van der Waals surface area contributed by atoms with E-state index in [4.69, 9.17) is 0 Å². The number of aryl methyl sites for hydroxylation is 2. The lowest BCUT2D eigenvalue weighted by atomic mass is 10.0. The van der Waals surface area contributed by atoms with E-state index >= 15 is 0 Å². The maximum atomic E-state index is 12.5. The molecule has 4 rings (SSSR count). The number of hydrogen-bond donors (Lipinski definition) is 2. The molecule has 0 fully saturated rings. The van der Waals surface area contributed by atoms with Crippen molar-refractivity contribution in [3.05, 3.63) is 69.9 Å². The van der Waals surface area contributed by atoms with Gasteiger partial charge >= 0.3 is 0 Å². The summed E-state index contributed by atoms with van der Waals surface area (Å²) < 4.78 is 1.54. The Morgan fingerprint density at radius 2 is 1.97 bits per heavy atom. The number of amides is 2. The molecular weight excluding hydrogens is 386 g/mol. The number of rotatable bonds is 5. The smallest absolute Gasteiger partial charge is 0.271 e. The average Bonchev–Trinajstić information content (AvgIpc) is 3.17. The monoisotopic (exact) mass is 405 g/mol. The van der Waals surface area contributed by atoms with Crippen molar-refractivity contribution in [2.24, 2.45) is 0 Å². The van der Waals surface area contributed by atoms with E-state index in [9.17, 15) is 19.7 Å². The van der Waals surface area contributed by atoms with Gasteiger partial charge in [0, 0.05) is 23.4 Å². The first-order valence-corrected chi connectivity index (χ1v) is 9.35. The number of nitrogens with zero attached hydrogens (tertiary/aromatic N) is 3. The molecule has 0 aliphatic carbocycles. The fraction of sp³-hybridized carbons (Fsp3) is 0.190. The van der Waals surface area contributed by atoms with E-state index in [-0.39, 0.29) is 18.0 Å². The molecule has 0 radical (unpaired) electrons. The molecule has 1 unspecified atom stereocenters. The molecule has 0 saturated carbocycles. The quantitative estimate of drug-likeness (QED) is 0.496. The first-order chi connectivity index (χ1) is 14.3. The summed E-state index contributed by atoms with van der Waals surface area (Å²) in [6, 6.07) is 12.8. The van der Waals surface area contributed by atoms with Crippen LogP contribution in [0.2, 0.25) is 0 Å². The third-order valence-electron chi connectivity index (χ3n) is 4.98. The van der Waals surface area contributed by atoms with Crippen molar-refractivity contribution in [3.63, 3.8) is 0 Å². The predicted octanol–water partition coefficient (Wildman–Crippen LogP) is 3.60. The van der Waals surface area contributed by atoms with E-state index in [0.717, 1.165) is 22.4 Å². The Hall–Kier alpha value is -4.01. The number of nitro groups is 1. The molecule has 2 N–H and O–H groups in total. The minimum atomic E-state index is -0.795. The molecule has 2 aromatic carbocycles. The standard InChI is InChI=1S/C21H19N5O4/c1-12-6-8-14(9-7-12)19-13(2)24-25-17(21(28)23-20(19)25)11-18(27)22-15-4-3-5-16(10-15)26(29)30/h3-10,17H,11H2,1-2H3,(H,22,27)(H,23,28). The van der Waals surface area contributed by atoms with Crippen LogP contribution in [0, 0.1) is 24.0 Å². The lowest BCUT2D eigenvalue weighted by Gasteiger charge is -2.10. The van der Waals surface area contributed by atoms with E-state index in [1.165, 1.54) is 18.2 Å². The molecule has 1 aliphatic rings. The van der Waals surface area contributed by atoms with Gasteiger partial charge < -0.3 is 10.6 Å². The fourth-order valence-corrected chi connectivity index (χ4v) is 3.53. The van der Waals surface area contributed by atoms with Gasteiger partial charge in [-0.3, -0.25) is 19.7 Å². The minimum Gasteiger partial charge on any atom is -0.326 e. The van der Waals surface area contributed by atoms with E-state index in [1.54, 1.807) is 10.7 Å². The number of nitro benzene ring substituents is 1. The van der Waals surface area contributed by atoms with Crippen LogP contribution < -0.4 is 10.6 Å². The van der Waals surface area contributed by atoms with Crippen molar-refractivity contribution >= 4 is 29.0 Å². The van der Waals surface area contributed by atoms with Crippen LogP contribution in [0.3, 0.4) is 0 Å². The SMILES string of the molecule is Cc1ccc(-c2c(C)nn3c2NC(=O)C3CC(=O)Nc2cccc([N+](=O)[O-])c2)cc1. The molecule has 0 spiro atoms. The van der Waals surface area contributed by atoms with Crippen LogP contribution in [0.25, 0.3) is 11.1 Å². The van der Waals surface area contributed by atoms with Gasteiger partial charge in [-0.1, -0.05) is 35.9 Å². The summed E-state index contributed by atoms with van der Waals surface area (Å²) in [6.07, 6.45) is -0.143. The van der Waals surface area contributed by atoms with Crippen molar-refractivity contribution in [2.45, 2.75) is 26.3 Å². The first-order valence-electron chi connectivity index (χ1n) is 9.35. The topological polar surface area (TPSA) is 119 Å². The number of aromatic nitrogens is 2. The Bertz CT molecular complexity index is 1170. The lowest BCUT2D eigenvalue weighted by Crippen LogP contribution is -2.23. The van der Waals surface area contributed by atoms with Crippen LogP contribution in [-0.2, 0) is 9.59 Å². The van der Waals surface area contributed by atoms with Crippen LogP contribution in [0.1, 0.15) is 23.7 Å². The van der Waals surface area contributed by atoms with Gasteiger partial charge in [-0.25, -0.2) is 4.68 Å². The van der Waals surface area contributed by atoms with Crippen molar-refractivity contribution in [1.82, 2.24) is 9.78 Å². The number of carbonyl (C=O) groups excluding carboxylic acids is 2. The highest BCUT2D eigenvalue weighted by Gasteiger charge is 2.36. The minimum absolute atomic E-state index is 0.126. The number of non-ortho nitro benzene ring substituents is 1. The summed E-state index contributed by atoms with van der Waals surface area (Å²) in [6.45, 7) is 3.85. The molecule has 9 nitrogen and oxygen atoms in total. The molecular formula is C21H19N5O4. The number of carbonyl (C=O) groups is 2. The van der Waals surface area contributed by atoms with Crippen LogP contribution in [0.5, 0.6) is 0 Å². The lowest BCUT2D eigenvalue weighted by molar-refractivity contribution is -0.384. The van der Waals surface area contributed by atoms with Crippen LogP contribution in [-0.4, -0.2) is 26.5 Å². The molecule has 0 saturated heterocycles. The van der Waals surface area contributed by atoms with E-state index in [2.05, 4.69) is 15.7 Å². The van der Waals surface area contributed by atoms with Crippen molar-refractivity contribution in [2.75, 3.05) is 10.6 Å². The second-order valence-electron chi connectivity index (χ2n) is 7.18. The molecule has 1 atom stereocenters. The van der Waals surface area contributed by atoms with Gasteiger partial charge in [0.05, 0.1) is 17.0 Å². The van der Waals surface area contributed by atoms with Crippen LogP contribution in [0.4, 0.5) is 17.2 Å². The Labute approximate surface area is 171 Å². The second kappa shape index (κ2) is 7.43. The summed E-state index contributed by atoms with van der Waals surface area (Å²) in [4.78, 5) is 35.4. The largest absolute Gasteiger partial charge is 0.326 e. The summed E-state index contributed by atoms with van der Waals surface area (Å²) in [5.41, 5.74) is 3.80. The Morgan fingerprint density at radius 1 is 1.23 bits per heavy atom. The number of hydrogen-bond acceptors (Lipinski definition) is 5. The van der Waals surface area contributed by atoms with Crippen LogP contribution >= 0.6 is 0 Å². The Morgan fingerprint density at radius 3 is 2.67 bits per heavy atom. The van der Waals surface area contributed by atoms with Crippen LogP contribution in [0.15, 0.2) is 48.5 Å². The average molecular weight is 405 g/mol. The van der Waals surface area contributed by atoms with Gasteiger partial charge in [0.25, 0.3) is 11.6 Å². The third kappa shape index (κ3) is 3.52. The number of nitrogens with one attached hydrogen (secondary N) is 2. The molecule has 152 valence electrons. The number of anilines is 2. The summed E-state index contributed by atoms with van der Waals surface area (Å²) in [5, 5.41) is 20.8. The third-order valence-corrected chi connectivity index (χ3v) is 4.98. The molecule has 30 heavy (non-hydrogen) atoms. The molecule has 0 bridgehead atoms. The van der Waals surface area contributed by atoms with Crippen molar-refractivity contribution in [1.29, 1.82) is 0 Å².